The number of allylic oxidation sites excluding steroid dienone is 1. The zero-order valence-corrected chi connectivity index (χ0v) is 17.3. The van der Waals surface area contributed by atoms with Gasteiger partial charge in [0.1, 0.15) is 5.82 Å². The van der Waals surface area contributed by atoms with Crippen molar-refractivity contribution in [3.8, 4) is 0 Å². The second kappa shape index (κ2) is 7.97. The number of benzene rings is 1. The van der Waals surface area contributed by atoms with Gasteiger partial charge in [-0.15, -0.1) is 0 Å². The second-order valence-electron chi connectivity index (χ2n) is 7.84. The number of halogens is 5. The van der Waals surface area contributed by atoms with Crippen LogP contribution in [-0.4, -0.2) is 40.1 Å². The standard InChI is InChI=1S/C22H17ClF4N2O3/c23-15-5-12(6-16(24)10-15)1-2-19(30)21(32)3-4-29(20(21)31)17-8-13-7-14(22(25,26)27)9-18(13)28-11-17/h5-8,10-11,32H,1-4,9H2/t21-/m0/s1. The van der Waals surface area contributed by atoms with E-state index in [0.29, 0.717) is 5.56 Å². The number of anilines is 1. The van der Waals surface area contributed by atoms with Crippen LogP contribution in [0.1, 0.15) is 29.7 Å². The lowest BCUT2D eigenvalue weighted by molar-refractivity contribution is -0.147. The summed E-state index contributed by atoms with van der Waals surface area (Å²) in [7, 11) is 0. The molecule has 2 aliphatic rings. The average molecular weight is 469 g/mol. The number of pyridine rings is 1. The minimum atomic E-state index is -4.47. The summed E-state index contributed by atoms with van der Waals surface area (Å²) in [5.41, 5.74) is -1.85. The molecule has 1 aliphatic carbocycles. The summed E-state index contributed by atoms with van der Waals surface area (Å²) >= 11 is 5.80. The molecular weight excluding hydrogens is 452 g/mol. The number of aryl methyl sites for hydroxylation is 1. The van der Waals surface area contributed by atoms with E-state index in [1.165, 1.54) is 24.4 Å². The molecule has 32 heavy (non-hydrogen) atoms. The van der Waals surface area contributed by atoms with E-state index in [1.807, 2.05) is 0 Å². The van der Waals surface area contributed by atoms with Crippen LogP contribution in [-0.2, 0) is 22.4 Å². The van der Waals surface area contributed by atoms with Gasteiger partial charge in [0.2, 0.25) is 5.60 Å². The molecule has 1 amide bonds. The Morgan fingerprint density at radius 3 is 2.69 bits per heavy atom. The van der Waals surface area contributed by atoms with Gasteiger partial charge in [-0.05, 0) is 47.9 Å². The molecule has 1 saturated heterocycles. The molecule has 1 aromatic carbocycles. The first kappa shape index (κ1) is 22.4. The van der Waals surface area contributed by atoms with Gasteiger partial charge < -0.3 is 10.0 Å². The molecule has 1 atom stereocenters. The van der Waals surface area contributed by atoms with Gasteiger partial charge in [-0.25, -0.2) is 4.39 Å². The summed E-state index contributed by atoms with van der Waals surface area (Å²) in [6.45, 7) is 0.00315. The maximum Gasteiger partial charge on any atom is 0.413 e. The molecule has 2 heterocycles. The third-order valence-corrected chi connectivity index (χ3v) is 5.89. The number of fused-ring (bicyclic) bond motifs is 1. The number of Topliss-reactive ketones (excluding diaryl/α,β-unsaturated/α-hetero) is 1. The van der Waals surface area contributed by atoms with E-state index in [0.717, 1.165) is 17.0 Å². The summed E-state index contributed by atoms with van der Waals surface area (Å²) in [4.78, 5) is 30.7. The lowest BCUT2D eigenvalue weighted by Gasteiger charge is -2.21. The lowest BCUT2D eigenvalue weighted by atomic mass is 9.92. The monoisotopic (exact) mass is 468 g/mol. The van der Waals surface area contributed by atoms with Crippen molar-refractivity contribution in [3.63, 3.8) is 0 Å². The quantitative estimate of drug-likeness (QED) is 0.531. The lowest BCUT2D eigenvalue weighted by Crippen LogP contribution is -2.47. The minimum absolute atomic E-state index is 0.00315. The van der Waals surface area contributed by atoms with Gasteiger partial charge in [-0.3, -0.25) is 14.6 Å². The van der Waals surface area contributed by atoms with Gasteiger partial charge in [0.25, 0.3) is 5.91 Å². The second-order valence-corrected chi connectivity index (χ2v) is 8.28. The number of rotatable bonds is 5. The summed E-state index contributed by atoms with van der Waals surface area (Å²) in [5, 5.41) is 10.9. The van der Waals surface area contributed by atoms with Crippen LogP contribution in [0.15, 0.2) is 36.0 Å². The van der Waals surface area contributed by atoms with Gasteiger partial charge in [0.15, 0.2) is 5.78 Å². The molecule has 1 aromatic heterocycles. The number of amides is 1. The molecule has 1 aliphatic heterocycles. The fourth-order valence-electron chi connectivity index (χ4n) is 3.95. The van der Waals surface area contributed by atoms with Crippen LogP contribution in [0, 0.1) is 5.82 Å². The first-order chi connectivity index (χ1) is 15.0. The van der Waals surface area contributed by atoms with Crippen LogP contribution in [0.3, 0.4) is 0 Å². The van der Waals surface area contributed by atoms with Crippen molar-refractivity contribution in [1.82, 2.24) is 4.98 Å². The molecule has 4 rings (SSSR count). The van der Waals surface area contributed by atoms with E-state index in [4.69, 9.17) is 11.6 Å². The van der Waals surface area contributed by atoms with Gasteiger partial charge in [0.05, 0.1) is 17.6 Å². The molecule has 5 nitrogen and oxygen atoms in total. The summed E-state index contributed by atoms with van der Waals surface area (Å²) in [6.07, 6.45) is -2.88. The van der Waals surface area contributed by atoms with Crippen molar-refractivity contribution in [2.24, 2.45) is 0 Å². The maximum absolute atomic E-state index is 13.5. The van der Waals surface area contributed by atoms with Crippen molar-refractivity contribution < 1.29 is 32.3 Å². The largest absolute Gasteiger partial charge is 0.413 e. The molecular formula is C22H17ClF4N2O3. The Balaban J connectivity index is 1.49. The number of nitrogens with zero attached hydrogens (tertiary/aromatic N) is 2. The van der Waals surface area contributed by atoms with E-state index in [9.17, 15) is 32.3 Å². The van der Waals surface area contributed by atoms with E-state index >= 15 is 0 Å². The number of alkyl halides is 3. The van der Waals surface area contributed by atoms with Gasteiger partial charge in [-0.1, -0.05) is 11.6 Å². The number of ketones is 1. The predicted octanol–water partition coefficient (Wildman–Crippen LogP) is 4.05. The fraction of sp³-hybridized carbons (Fsp3) is 0.318. The highest BCUT2D eigenvalue weighted by Crippen LogP contribution is 2.37. The number of carbonyl (C=O) groups excluding carboxylic acids is 2. The molecule has 1 fully saturated rings. The van der Waals surface area contributed by atoms with E-state index in [1.54, 1.807) is 0 Å². The Kier molecular flexibility index (Phi) is 5.58. The van der Waals surface area contributed by atoms with Crippen LogP contribution in [0.25, 0.3) is 6.08 Å². The Bertz CT molecular complexity index is 1130. The summed E-state index contributed by atoms with van der Waals surface area (Å²) in [6, 6.07) is 5.22. The third kappa shape index (κ3) is 4.14. The Morgan fingerprint density at radius 2 is 2.00 bits per heavy atom. The molecule has 1 N–H and O–H groups in total. The number of carbonyl (C=O) groups is 2. The summed E-state index contributed by atoms with van der Waals surface area (Å²) < 4.78 is 52.3. The van der Waals surface area contributed by atoms with Crippen LogP contribution >= 0.6 is 11.6 Å². The Labute approximate surface area is 185 Å². The van der Waals surface area contributed by atoms with Crippen LogP contribution in [0.4, 0.5) is 23.2 Å². The first-order valence-electron chi connectivity index (χ1n) is 9.77. The fourth-order valence-corrected chi connectivity index (χ4v) is 4.19. The van der Waals surface area contributed by atoms with E-state index < -0.39 is 34.9 Å². The van der Waals surface area contributed by atoms with Gasteiger partial charge in [-0.2, -0.15) is 13.2 Å². The molecule has 168 valence electrons. The van der Waals surface area contributed by atoms with Crippen molar-refractivity contribution in [3.05, 3.63) is 63.7 Å². The Hall–Kier alpha value is -2.78. The molecule has 0 unspecified atom stereocenters. The predicted molar refractivity (Wildman–Crippen MR) is 109 cm³/mol. The van der Waals surface area contributed by atoms with E-state index in [-0.39, 0.29) is 54.2 Å². The molecule has 0 radical (unpaired) electrons. The topological polar surface area (TPSA) is 70.5 Å². The van der Waals surface area contributed by atoms with Crippen molar-refractivity contribution in [2.45, 2.75) is 37.5 Å². The highest BCUT2D eigenvalue weighted by atomic mass is 35.5. The van der Waals surface area contributed by atoms with Crippen molar-refractivity contribution in [1.29, 1.82) is 0 Å². The maximum atomic E-state index is 13.5. The van der Waals surface area contributed by atoms with Gasteiger partial charge >= 0.3 is 6.18 Å². The molecule has 10 heteroatoms. The van der Waals surface area contributed by atoms with Crippen molar-refractivity contribution in [2.75, 3.05) is 11.4 Å². The number of aliphatic hydroxyl groups is 1. The highest BCUT2D eigenvalue weighted by Gasteiger charge is 2.51. The van der Waals surface area contributed by atoms with Gasteiger partial charge in [0, 0.05) is 36.4 Å². The number of hydrogen-bond donors (Lipinski definition) is 1. The Morgan fingerprint density at radius 1 is 1.25 bits per heavy atom. The van der Waals surface area contributed by atoms with Crippen LogP contribution in [0.5, 0.6) is 0 Å². The summed E-state index contributed by atoms with van der Waals surface area (Å²) in [5.74, 6) is -2.15. The number of hydrogen-bond acceptors (Lipinski definition) is 4. The molecule has 0 saturated carbocycles. The van der Waals surface area contributed by atoms with Crippen LogP contribution in [0.2, 0.25) is 5.02 Å². The van der Waals surface area contributed by atoms with Crippen LogP contribution < -0.4 is 4.90 Å². The molecule has 0 spiro atoms. The van der Waals surface area contributed by atoms with Crippen molar-refractivity contribution >= 4 is 35.1 Å². The number of aromatic nitrogens is 1. The molecule has 2 aromatic rings. The third-order valence-electron chi connectivity index (χ3n) is 5.67. The highest BCUT2D eigenvalue weighted by molar-refractivity contribution is 6.30. The molecule has 0 bridgehead atoms. The zero-order valence-electron chi connectivity index (χ0n) is 16.5. The zero-order chi connectivity index (χ0) is 23.3. The average Bonchev–Trinajstić information content (AvgIpc) is 3.27. The SMILES string of the molecule is O=C(CCc1cc(F)cc(Cl)c1)[C@@]1(O)CCN(c2cnc3c(c2)C=C(C(F)(F)F)C3)C1=O. The smallest absolute Gasteiger partial charge is 0.373 e. The van der Waals surface area contributed by atoms with E-state index in [2.05, 4.69) is 4.98 Å². The normalized spacial score (nSPS) is 20.5. The first-order valence-corrected chi connectivity index (χ1v) is 10.1. The minimum Gasteiger partial charge on any atom is -0.373 e.